The van der Waals surface area contributed by atoms with E-state index in [9.17, 15) is 5.11 Å². The average Bonchev–Trinajstić information content (AvgIpc) is 2.04. The van der Waals surface area contributed by atoms with Gasteiger partial charge in [0.15, 0.2) is 0 Å². The maximum Gasteiger partial charge on any atom is 0.118 e. The lowest BCUT2D eigenvalue weighted by Crippen LogP contribution is -1.94. The third-order valence-corrected chi connectivity index (χ3v) is 1.64. The second-order valence-corrected chi connectivity index (χ2v) is 3.01. The van der Waals surface area contributed by atoms with Gasteiger partial charge in [0, 0.05) is 0 Å². The van der Waals surface area contributed by atoms with Gasteiger partial charge in [-0.05, 0) is 24.0 Å². The van der Waals surface area contributed by atoms with E-state index in [-0.39, 0.29) is 5.76 Å². The molecule has 1 N–H and O–H groups in total. The highest BCUT2D eigenvalue weighted by molar-refractivity contribution is 5.28. The van der Waals surface area contributed by atoms with Crippen LogP contribution in [-0.4, -0.2) is 5.11 Å². The Labute approximate surface area is 75.1 Å². The van der Waals surface area contributed by atoms with Crippen LogP contribution >= 0.6 is 0 Å². The van der Waals surface area contributed by atoms with Crippen molar-refractivity contribution in [3.63, 3.8) is 0 Å². The Morgan fingerprint density at radius 1 is 1.50 bits per heavy atom. The lowest BCUT2D eigenvalue weighted by Gasteiger charge is -2.07. The van der Waals surface area contributed by atoms with Gasteiger partial charge in [0.1, 0.15) is 5.76 Å². The first kappa shape index (κ1) is 11.0. The molecule has 1 nitrogen and oxygen atoms in total. The summed E-state index contributed by atoms with van der Waals surface area (Å²) < 4.78 is 0. The summed E-state index contributed by atoms with van der Waals surface area (Å²) in [4.78, 5) is 0. The topological polar surface area (TPSA) is 20.2 Å². The number of aliphatic hydroxyl groups excluding tert-OH is 1. The fraction of sp³-hybridized carbons (Fsp3) is 0.455. The fourth-order valence-corrected chi connectivity index (χ4v) is 0.936. The molecule has 0 aromatic heterocycles. The molecular formula is C11H18O. The summed E-state index contributed by atoms with van der Waals surface area (Å²) in [7, 11) is 0. The Hall–Kier alpha value is -0.980. The molecule has 68 valence electrons. The van der Waals surface area contributed by atoms with E-state index in [0.717, 1.165) is 12.0 Å². The minimum absolute atomic E-state index is 0.287. The summed E-state index contributed by atoms with van der Waals surface area (Å²) in [6, 6.07) is 0. The van der Waals surface area contributed by atoms with Gasteiger partial charge in [0.05, 0.1) is 0 Å². The summed E-state index contributed by atoms with van der Waals surface area (Å²) in [6.45, 7) is 9.70. The van der Waals surface area contributed by atoms with E-state index in [2.05, 4.69) is 27.4 Å². The largest absolute Gasteiger partial charge is 0.508 e. The lowest BCUT2D eigenvalue weighted by atomic mass is 10.0. The molecule has 0 aromatic carbocycles. The normalized spacial score (nSPS) is 13.7. The van der Waals surface area contributed by atoms with Gasteiger partial charge in [-0.2, -0.15) is 0 Å². The predicted octanol–water partition coefficient (Wildman–Crippen LogP) is 3.61. The molecule has 1 heteroatoms. The highest BCUT2D eigenvalue weighted by Gasteiger charge is 2.03. The maximum absolute atomic E-state index is 9.43. The van der Waals surface area contributed by atoms with Gasteiger partial charge >= 0.3 is 0 Å². The standard InChI is InChI=1S/C11H18O/c1-5-7-8-10(9(3)4)11(12)6-2/h6-9,12H,2,5H2,1,3-4H3/b8-7-,11-10-. The van der Waals surface area contributed by atoms with Crippen LogP contribution in [0.15, 0.2) is 36.1 Å². The molecule has 12 heavy (non-hydrogen) atoms. The third kappa shape index (κ3) is 3.42. The Morgan fingerprint density at radius 2 is 2.08 bits per heavy atom. The number of hydrogen-bond donors (Lipinski definition) is 1. The van der Waals surface area contributed by atoms with Crippen LogP contribution < -0.4 is 0 Å². The molecule has 0 saturated carbocycles. The molecule has 0 aromatic rings. The van der Waals surface area contributed by atoms with Crippen LogP contribution in [0, 0.1) is 5.92 Å². The molecule has 0 spiro atoms. The molecule has 0 saturated heterocycles. The highest BCUT2D eigenvalue weighted by atomic mass is 16.3. The first-order valence-electron chi connectivity index (χ1n) is 4.35. The minimum atomic E-state index is 0.287. The first-order chi connectivity index (χ1) is 5.63. The van der Waals surface area contributed by atoms with Gasteiger partial charge in [0.2, 0.25) is 0 Å². The summed E-state index contributed by atoms with van der Waals surface area (Å²) in [5.41, 5.74) is 0.951. The van der Waals surface area contributed by atoms with Crippen LogP contribution in [0.1, 0.15) is 27.2 Å². The van der Waals surface area contributed by atoms with Gasteiger partial charge < -0.3 is 5.11 Å². The van der Waals surface area contributed by atoms with Crippen molar-refractivity contribution >= 4 is 0 Å². The molecule has 0 heterocycles. The van der Waals surface area contributed by atoms with E-state index < -0.39 is 0 Å². The summed E-state index contributed by atoms with van der Waals surface area (Å²) in [5, 5.41) is 9.43. The van der Waals surface area contributed by atoms with Crippen LogP contribution in [0.4, 0.5) is 0 Å². The second-order valence-electron chi connectivity index (χ2n) is 3.01. The monoisotopic (exact) mass is 166 g/mol. The van der Waals surface area contributed by atoms with Gasteiger partial charge in [0.25, 0.3) is 0 Å². The third-order valence-electron chi connectivity index (χ3n) is 1.64. The Balaban J connectivity index is 4.66. The van der Waals surface area contributed by atoms with Crippen LogP contribution in [0.3, 0.4) is 0 Å². The molecule has 0 aliphatic carbocycles. The predicted molar refractivity (Wildman–Crippen MR) is 54.1 cm³/mol. The Bertz CT molecular complexity index is 197. The Kier molecular flexibility index (Phi) is 5.18. The number of aliphatic hydroxyl groups is 1. The van der Waals surface area contributed by atoms with Crippen molar-refractivity contribution in [2.45, 2.75) is 27.2 Å². The van der Waals surface area contributed by atoms with Crippen LogP contribution in [0.25, 0.3) is 0 Å². The van der Waals surface area contributed by atoms with E-state index in [1.807, 2.05) is 12.2 Å². The average molecular weight is 166 g/mol. The number of allylic oxidation sites excluding steroid dienone is 4. The highest BCUT2D eigenvalue weighted by Crippen LogP contribution is 2.15. The molecule has 0 bridgehead atoms. The fourth-order valence-electron chi connectivity index (χ4n) is 0.936. The first-order valence-corrected chi connectivity index (χ1v) is 4.35. The molecule has 0 atom stereocenters. The van der Waals surface area contributed by atoms with E-state index in [1.165, 1.54) is 6.08 Å². The van der Waals surface area contributed by atoms with Gasteiger partial charge in [-0.1, -0.05) is 39.5 Å². The van der Waals surface area contributed by atoms with Crippen LogP contribution in [-0.2, 0) is 0 Å². The summed E-state index contributed by atoms with van der Waals surface area (Å²) in [5.74, 6) is 0.625. The summed E-state index contributed by atoms with van der Waals surface area (Å²) >= 11 is 0. The van der Waals surface area contributed by atoms with Crippen molar-refractivity contribution in [2.75, 3.05) is 0 Å². The minimum Gasteiger partial charge on any atom is -0.508 e. The van der Waals surface area contributed by atoms with Crippen molar-refractivity contribution in [3.8, 4) is 0 Å². The van der Waals surface area contributed by atoms with Crippen molar-refractivity contribution < 1.29 is 5.11 Å². The zero-order valence-corrected chi connectivity index (χ0v) is 8.17. The van der Waals surface area contributed by atoms with E-state index in [1.54, 1.807) is 0 Å². The molecule has 0 aliphatic rings. The zero-order valence-electron chi connectivity index (χ0n) is 8.17. The van der Waals surface area contributed by atoms with E-state index >= 15 is 0 Å². The molecular weight excluding hydrogens is 148 g/mol. The van der Waals surface area contributed by atoms with Gasteiger partial charge in [-0.25, -0.2) is 0 Å². The Morgan fingerprint density at radius 3 is 2.42 bits per heavy atom. The molecule has 0 unspecified atom stereocenters. The SMILES string of the molecule is C=C/C(O)=C(\C=C/CC)C(C)C. The maximum atomic E-state index is 9.43. The molecule has 0 radical (unpaired) electrons. The quantitative estimate of drug-likeness (QED) is 0.499. The second kappa shape index (κ2) is 5.64. The molecule has 0 fully saturated rings. The summed E-state index contributed by atoms with van der Waals surface area (Å²) in [6.07, 6.45) is 6.46. The van der Waals surface area contributed by atoms with E-state index in [0.29, 0.717) is 5.92 Å². The molecule has 0 rings (SSSR count). The zero-order chi connectivity index (χ0) is 9.56. The van der Waals surface area contributed by atoms with Gasteiger partial charge in [-0.3, -0.25) is 0 Å². The van der Waals surface area contributed by atoms with Crippen LogP contribution in [0.5, 0.6) is 0 Å². The number of hydrogen-bond acceptors (Lipinski definition) is 1. The molecule has 0 amide bonds. The number of rotatable bonds is 4. The van der Waals surface area contributed by atoms with Gasteiger partial charge in [-0.15, -0.1) is 0 Å². The van der Waals surface area contributed by atoms with Crippen molar-refractivity contribution in [1.82, 2.24) is 0 Å². The van der Waals surface area contributed by atoms with Crippen molar-refractivity contribution in [3.05, 3.63) is 36.1 Å². The van der Waals surface area contributed by atoms with Crippen molar-refractivity contribution in [2.24, 2.45) is 5.92 Å². The lowest BCUT2D eigenvalue weighted by molar-refractivity contribution is 0.420. The van der Waals surface area contributed by atoms with E-state index in [4.69, 9.17) is 0 Å². The molecule has 0 aliphatic heterocycles. The van der Waals surface area contributed by atoms with Crippen molar-refractivity contribution in [1.29, 1.82) is 0 Å². The smallest absolute Gasteiger partial charge is 0.118 e. The van der Waals surface area contributed by atoms with Crippen LogP contribution in [0.2, 0.25) is 0 Å².